The molecule has 3 aromatic rings. The van der Waals surface area contributed by atoms with Crippen LogP contribution in [0.2, 0.25) is 0 Å². The van der Waals surface area contributed by atoms with E-state index in [0.717, 1.165) is 32.1 Å². The molecule has 2 N–H and O–H groups in total. The largest absolute Gasteiger partial charge is 0.479 e. The molecule has 4 rings (SSSR count). The van der Waals surface area contributed by atoms with E-state index in [1.807, 2.05) is 49.5 Å². The Bertz CT molecular complexity index is 1060. The fourth-order valence-electron chi connectivity index (χ4n) is 3.82. The van der Waals surface area contributed by atoms with Crippen molar-refractivity contribution in [3.05, 3.63) is 69.3 Å². The predicted molar refractivity (Wildman–Crippen MR) is 107 cm³/mol. The van der Waals surface area contributed by atoms with Crippen molar-refractivity contribution in [2.75, 3.05) is 6.54 Å². The molecule has 0 saturated heterocycles. The van der Waals surface area contributed by atoms with Crippen LogP contribution in [0.5, 0.6) is 0 Å². The van der Waals surface area contributed by atoms with Gasteiger partial charge >= 0.3 is 5.97 Å². The van der Waals surface area contributed by atoms with E-state index in [-0.39, 0.29) is 12.3 Å². The first kappa shape index (κ1) is 17.8. The molecule has 0 saturated carbocycles. The van der Waals surface area contributed by atoms with Crippen LogP contribution in [0, 0.1) is 6.92 Å². The van der Waals surface area contributed by atoms with E-state index >= 15 is 0 Å². The van der Waals surface area contributed by atoms with Gasteiger partial charge in [0.05, 0.1) is 6.42 Å². The summed E-state index contributed by atoms with van der Waals surface area (Å²) in [5.74, 6) is -1.17. The highest BCUT2D eigenvalue weighted by Gasteiger charge is 2.36. The molecule has 2 heterocycles. The van der Waals surface area contributed by atoms with Crippen LogP contribution in [0.1, 0.15) is 28.3 Å². The normalized spacial score (nSPS) is 16.4. The molecule has 0 aliphatic carbocycles. The summed E-state index contributed by atoms with van der Waals surface area (Å²) < 4.78 is 0.814. The van der Waals surface area contributed by atoms with Gasteiger partial charge in [0, 0.05) is 28.1 Å². The molecule has 1 aliphatic rings. The van der Waals surface area contributed by atoms with Crippen LogP contribution < -0.4 is 0 Å². The molecule has 1 aromatic heterocycles. The van der Waals surface area contributed by atoms with Gasteiger partial charge in [-0.2, -0.15) is 0 Å². The van der Waals surface area contributed by atoms with Crippen molar-refractivity contribution in [3.8, 4) is 0 Å². The predicted octanol–water partition coefficient (Wildman–Crippen LogP) is 3.99. The maximum Gasteiger partial charge on any atom is 0.331 e. The van der Waals surface area contributed by atoms with Crippen LogP contribution in [0.25, 0.3) is 10.9 Å². The summed E-state index contributed by atoms with van der Waals surface area (Å²) in [5, 5.41) is 10.8. The second-order valence-corrected chi connectivity index (χ2v) is 7.88. The fraction of sp³-hybridized carbons (Fsp3) is 0.238. The minimum atomic E-state index is -1.00. The number of carboxylic acid groups (broad SMARTS) is 1. The van der Waals surface area contributed by atoms with E-state index in [9.17, 15) is 14.7 Å². The van der Waals surface area contributed by atoms with Gasteiger partial charge in [-0.05, 0) is 54.3 Å². The smallest absolute Gasteiger partial charge is 0.331 e. The zero-order valence-electron chi connectivity index (χ0n) is 14.8. The Morgan fingerprint density at radius 3 is 2.85 bits per heavy atom. The molecule has 1 atom stereocenters. The number of aryl methyl sites for hydroxylation is 1. The summed E-state index contributed by atoms with van der Waals surface area (Å²) in [6, 6.07) is 10.8. The summed E-state index contributed by atoms with van der Waals surface area (Å²) in [4.78, 5) is 29.7. The van der Waals surface area contributed by atoms with E-state index in [4.69, 9.17) is 0 Å². The maximum absolute atomic E-state index is 13.0. The summed E-state index contributed by atoms with van der Waals surface area (Å²) in [5.41, 5.74) is 4.66. The van der Waals surface area contributed by atoms with Crippen molar-refractivity contribution in [1.29, 1.82) is 0 Å². The van der Waals surface area contributed by atoms with Crippen LogP contribution in [-0.2, 0) is 22.4 Å². The number of amides is 1. The average molecular weight is 427 g/mol. The number of nitrogens with zero attached hydrogens (tertiary/aromatic N) is 1. The van der Waals surface area contributed by atoms with Crippen LogP contribution in [-0.4, -0.2) is 33.4 Å². The number of nitrogens with one attached hydrogen (secondary N) is 1. The molecule has 0 radical (unpaired) electrons. The summed E-state index contributed by atoms with van der Waals surface area (Å²) in [6.07, 6.45) is 2.67. The Morgan fingerprint density at radius 1 is 1.26 bits per heavy atom. The Morgan fingerprint density at radius 2 is 2.07 bits per heavy atom. The lowest BCUT2D eigenvalue weighted by molar-refractivity contribution is -0.151. The number of rotatable bonds is 3. The number of carbonyl (C=O) groups is 2. The van der Waals surface area contributed by atoms with Crippen molar-refractivity contribution < 1.29 is 14.7 Å². The van der Waals surface area contributed by atoms with Crippen molar-refractivity contribution in [3.63, 3.8) is 0 Å². The van der Waals surface area contributed by atoms with Crippen molar-refractivity contribution in [1.82, 2.24) is 9.88 Å². The minimum Gasteiger partial charge on any atom is -0.479 e. The summed E-state index contributed by atoms with van der Waals surface area (Å²) >= 11 is 3.41. The Kier molecular flexibility index (Phi) is 4.52. The Hall–Kier alpha value is -2.60. The molecule has 138 valence electrons. The third kappa shape index (κ3) is 3.25. The lowest BCUT2D eigenvalue weighted by Crippen LogP contribution is -2.44. The molecule has 1 unspecified atom stereocenters. The zero-order valence-corrected chi connectivity index (χ0v) is 16.4. The van der Waals surface area contributed by atoms with Gasteiger partial charge in [0.2, 0.25) is 5.91 Å². The van der Waals surface area contributed by atoms with Crippen LogP contribution >= 0.6 is 15.9 Å². The second kappa shape index (κ2) is 6.85. The fourth-order valence-corrected chi connectivity index (χ4v) is 4.20. The topological polar surface area (TPSA) is 73.4 Å². The molecular weight excluding hydrogens is 408 g/mol. The molecule has 1 amide bonds. The third-order valence-corrected chi connectivity index (χ3v) is 5.65. The van der Waals surface area contributed by atoms with Gasteiger partial charge in [0.25, 0.3) is 0 Å². The number of halogens is 1. The lowest BCUT2D eigenvalue weighted by Gasteiger charge is -2.35. The number of carbonyl (C=O) groups excluding carboxylic acids is 1. The highest BCUT2D eigenvalue weighted by Crippen LogP contribution is 2.33. The maximum atomic E-state index is 13.0. The van der Waals surface area contributed by atoms with Crippen molar-refractivity contribution in [2.24, 2.45) is 0 Å². The monoisotopic (exact) mass is 426 g/mol. The van der Waals surface area contributed by atoms with Gasteiger partial charge in [-0.25, -0.2) is 4.79 Å². The third-order valence-electron chi connectivity index (χ3n) is 5.16. The first-order valence-electron chi connectivity index (χ1n) is 8.81. The van der Waals surface area contributed by atoms with E-state index in [2.05, 4.69) is 20.9 Å². The average Bonchev–Trinajstić information content (AvgIpc) is 3.02. The molecule has 0 bridgehead atoms. The minimum absolute atomic E-state index is 0.171. The summed E-state index contributed by atoms with van der Waals surface area (Å²) in [7, 11) is 0. The number of aliphatic carboxylic acids is 1. The van der Waals surface area contributed by atoms with E-state index in [1.54, 1.807) is 0 Å². The number of carboxylic acids is 1. The zero-order chi connectivity index (χ0) is 19.1. The van der Waals surface area contributed by atoms with Crippen LogP contribution in [0.15, 0.2) is 47.1 Å². The van der Waals surface area contributed by atoms with Gasteiger partial charge in [-0.3, -0.25) is 4.79 Å². The van der Waals surface area contributed by atoms with Gasteiger partial charge in [0.1, 0.15) is 0 Å². The van der Waals surface area contributed by atoms with Gasteiger partial charge in [0.15, 0.2) is 6.04 Å². The van der Waals surface area contributed by atoms with Crippen LogP contribution in [0.3, 0.4) is 0 Å². The number of H-pyrrole nitrogens is 1. The molecule has 2 aromatic carbocycles. The van der Waals surface area contributed by atoms with Crippen molar-refractivity contribution >= 4 is 38.7 Å². The highest BCUT2D eigenvalue weighted by atomic mass is 79.9. The van der Waals surface area contributed by atoms with E-state index in [0.29, 0.717) is 18.5 Å². The first-order valence-corrected chi connectivity index (χ1v) is 9.60. The SMILES string of the molecule is Cc1ccc2[nH]cc(CC(=O)N3CCc4ccc(Br)cc4C3C(=O)O)c2c1. The number of aromatic amines is 1. The van der Waals surface area contributed by atoms with Gasteiger partial charge < -0.3 is 15.0 Å². The standard InChI is InChI=1S/C21H19BrN2O3/c1-12-2-5-18-16(8-12)14(11-23-18)9-19(25)24-7-6-13-3-4-15(22)10-17(13)20(24)21(26)27/h2-5,8,10-11,20,23H,6-7,9H2,1H3,(H,26,27). The lowest BCUT2D eigenvalue weighted by atomic mass is 9.92. The number of hydrogen-bond donors (Lipinski definition) is 2. The summed E-state index contributed by atoms with van der Waals surface area (Å²) in [6.45, 7) is 2.42. The van der Waals surface area contributed by atoms with E-state index in [1.165, 1.54) is 4.90 Å². The Labute approximate surface area is 165 Å². The first-order chi connectivity index (χ1) is 12.9. The molecule has 0 fully saturated rings. The number of benzene rings is 2. The van der Waals surface area contributed by atoms with Crippen molar-refractivity contribution in [2.45, 2.75) is 25.8 Å². The quantitative estimate of drug-likeness (QED) is 0.664. The molecule has 5 nitrogen and oxygen atoms in total. The molecule has 27 heavy (non-hydrogen) atoms. The molecule has 6 heteroatoms. The van der Waals surface area contributed by atoms with Gasteiger partial charge in [-0.15, -0.1) is 0 Å². The number of aromatic nitrogens is 1. The van der Waals surface area contributed by atoms with E-state index < -0.39 is 12.0 Å². The highest BCUT2D eigenvalue weighted by molar-refractivity contribution is 9.10. The van der Waals surface area contributed by atoms with Gasteiger partial charge in [-0.1, -0.05) is 33.6 Å². The second-order valence-electron chi connectivity index (χ2n) is 6.96. The molecule has 1 aliphatic heterocycles. The number of hydrogen-bond acceptors (Lipinski definition) is 2. The van der Waals surface area contributed by atoms with Crippen LogP contribution in [0.4, 0.5) is 0 Å². The Balaban J connectivity index is 1.66. The number of fused-ring (bicyclic) bond motifs is 2. The molecular formula is C21H19BrN2O3. The molecule has 0 spiro atoms.